The van der Waals surface area contributed by atoms with Crippen molar-refractivity contribution in [3.8, 4) is 11.5 Å². The van der Waals surface area contributed by atoms with Crippen molar-refractivity contribution >= 4 is 21.5 Å². The van der Waals surface area contributed by atoms with Gasteiger partial charge in [0.25, 0.3) is 0 Å². The predicted molar refractivity (Wildman–Crippen MR) is 146 cm³/mol. The Hall–Kier alpha value is -3.78. The summed E-state index contributed by atoms with van der Waals surface area (Å²) in [5.74, 6) is 1.86. The average molecular weight is 461 g/mol. The number of aryl methyl sites for hydroxylation is 1. The molecule has 0 spiro atoms. The average Bonchev–Trinajstić information content (AvgIpc) is 2.92. The van der Waals surface area contributed by atoms with Gasteiger partial charge in [0.1, 0.15) is 24.7 Å². The van der Waals surface area contributed by atoms with Gasteiger partial charge in [-0.3, -0.25) is 0 Å². The van der Waals surface area contributed by atoms with E-state index in [9.17, 15) is 0 Å². The Morgan fingerprint density at radius 1 is 0.486 bits per heavy atom. The second-order valence-electron chi connectivity index (χ2n) is 9.09. The summed E-state index contributed by atoms with van der Waals surface area (Å²) in [5, 5.41) is 4.39. The van der Waals surface area contributed by atoms with Gasteiger partial charge in [-0.25, -0.2) is 0 Å². The van der Waals surface area contributed by atoms with E-state index >= 15 is 0 Å². The SMILES string of the molecule is CCCCCc1ccc2c(OCc3ccccc3)c3ccccc3c(OCc3ccccc3)c2c1. The molecule has 0 saturated heterocycles. The Morgan fingerprint density at radius 3 is 1.57 bits per heavy atom. The topological polar surface area (TPSA) is 18.5 Å². The third-order valence-corrected chi connectivity index (χ3v) is 6.51. The van der Waals surface area contributed by atoms with Crippen molar-refractivity contribution in [3.63, 3.8) is 0 Å². The first kappa shape index (κ1) is 23.0. The van der Waals surface area contributed by atoms with E-state index in [-0.39, 0.29) is 0 Å². The standard InChI is InChI=1S/C33H32O2/c1-2-3-6-13-25-20-21-30-31(22-25)33(35-24-27-16-9-5-10-17-27)29-19-12-11-18-28(29)32(30)34-23-26-14-7-4-8-15-26/h4-5,7-12,14-22H,2-3,6,13,23-24H2,1H3. The minimum atomic E-state index is 0.530. The Balaban J connectivity index is 1.61. The molecule has 0 N–H and O–H groups in total. The number of ether oxygens (including phenoxy) is 2. The third-order valence-electron chi connectivity index (χ3n) is 6.51. The summed E-state index contributed by atoms with van der Waals surface area (Å²) in [4.78, 5) is 0. The Bertz CT molecular complexity index is 1390. The molecule has 2 heteroatoms. The Morgan fingerprint density at radius 2 is 1.00 bits per heavy atom. The molecule has 5 aromatic rings. The van der Waals surface area contributed by atoms with Crippen LogP contribution in [0.5, 0.6) is 11.5 Å². The van der Waals surface area contributed by atoms with Gasteiger partial charge in [0.05, 0.1) is 0 Å². The van der Waals surface area contributed by atoms with E-state index in [1.54, 1.807) is 0 Å². The van der Waals surface area contributed by atoms with Crippen LogP contribution >= 0.6 is 0 Å². The zero-order valence-corrected chi connectivity index (χ0v) is 20.4. The summed E-state index contributed by atoms with van der Waals surface area (Å²) in [6.07, 6.45) is 4.75. The van der Waals surface area contributed by atoms with Crippen molar-refractivity contribution in [1.82, 2.24) is 0 Å². The van der Waals surface area contributed by atoms with Crippen LogP contribution in [0.4, 0.5) is 0 Å². The number of unbranched alkanes of at least 4 members (excludes halogenated alkanes) is 2. The quantitative estimate of drug-likeness (QED) is 0.153. The molecule has 0 aliphatic rings. The zero-order chi connectivity index (χ0) is 23.9. The van der Waals surface area contributed by atoms with Crippen LogP contribution in [-0.2, 0) is 19.6 Å². The van der Waals surface area contributed by atoms with Crippen LogP contribution in [0, 0.1) is 0 Å². The smallest absolute Gasteiger partial charge is 0.135 e. The highest BCUT2D eigenvalue weighted by Gasteiger charge is 2.17. The molecule has 0 aliphatic carbocycles. The lowest BCUT2D eigenvalue weighted by Gasteiger charge is -2.19. The number of rotatable bonds is 10. The summed E-state index contributed by atoms with van der Waals surface area (Å²) in [5.41, 5.74) is 3.67. The number of hydrogen-bond acceptors (Lipinski definition) is 2. The molecule has 5 aromatic carbocycles. The van der Waals surface area contributed by atoms with Gasteiger partial charge in [0.15, 0.2) is 0 Å². The van der Waals surface area contributed by atoms with Gasteiger partial charge in [-0.05, 0) is 35.6 Å². The van der Waals surface area contributed by atoms with Crippen LogP contribution in [0.25, 0.3) is 21.5 Å². The summed E-state index contributed by atoms with van der Waals surface area (Å²) >= 11 is 0. The lowest BCUT2D eigenvalue weighted by molar-refractivity contribution is 0.308. The van der Waals surface area contributed by atoms with Crippen LogP contribution in [0.1, 0.15) is 42.9 Å². The lowest BCUT2D eigenvalue weighted by Crippen LogP contribution is -2.01. The maximum atomic E-state index is 6.56. The van der Waals surface area contributed by atoms with E-state index in [1.165, 1.54) is 24.8 Å². The molecule has 0 bridgehead atoms. The first-order valence-corrected chi connectivity index (χ1v) is 12.6. The van der Waals surface area contributed by atoms with E-state index in [0.717, 1.165) is 50.6 Å². The van der Waals surface area contributed by atoms with Gasteiger partial charge in [0, 0.05) is 21.5 Å². The first-order valence-electron chi connectivity index (χ1n) is 12.6. The fourth-order valence-corrected chi connectivity index (χ4v) is 4.65. The van der Waals surface area contributed by atoms with E-state index < -0.39 is 0 Å². The van der Waals surface area contributed by atoms with Crippen molar-refractivity contribution in [1.29, 1.82) is 0 Å². The molecule has 0 atom stereocenters. The van der Waals surface area contributed by atoms with E-state index in [0.29, 0.717) is 13.2 Å². The molecule has 5 rings (SSSR count). The van der Waals surface area contributed by atoms with Crippen molar-refractivity contribution in [2.75, 3.05) is 0 Å². The molecule has 2 nitrogen and oxygen atoms in total. The molecule has 0 radical (unpaired) electrons. The summed E-state index contributed by atoms with van der Waals surface area (Å²) in [6.45, 7) is 3.31. The number of fused-ring (bicyclic) bond motifs is 2. The molecule has 0 aromatic heterocycles. The van der Waals surface area contributed by atoms with Crippen LogP contribution < -0.4 is 9.47 Å². The van der Waals surface area contributed by atoms with Crippen molar-refractivity contribution in [2.24, 2.45) is 0 Å². The zero-order valence-electron chi connectivity index (χ0n) is 20.4. The molecule has 0 saturated carbocycles. The highest BCUT2D eigenvalue weighted by atomic mass is 16.5. The fraction of sp³-hybridized carbons (Fsp3) is 0.212. The molecule has 0 aliphatic heterocycles. The van der Waals surface area contributed by atoms with Crippen LogP contribution in [-0.4, -0.2) is 0 Å². The highest BCUT2D eigenvalue weighted by Crippen LogP contribution is 2.43. The maximum absolute atomic E-state index is 6.56. The highest BCUT2D eigenvalue weighted by molar-refractivity contribution is 6.11. The van der Waals surface area contributed by atoms with Gasteiger partial charge in [-0.1, -0.05) is 117 Å². The lowest BCUT2D eigenvalue weighted by atomic mass is 9.97. The number of benzene rings is 5. The minimum absolute atomic E-state index is 0.530. The fourth-order valence-electron chi connectivity index (χ4n) is 4.65. The number of hydrogen-bond donors (Lipinski definition) is 0. The molecule has 176 valence electrons. The summed E-state index contributed by atoms with van der Waals surface area (Å²) in [6, 6.07) is 35.9. The van der Waals surface area contributed by atoms with Gasteiger partial charge in [0.2, 0.25) is 0 Å². The van der Waals surface area contributed by atoms with Crippen LogP contribution in [0.15, 0.2) is 103 Å². The third kappa shape index (κ3) is 5.33. The Kier molecular flexibility index (Phi) is 7.29. The van der Waals surface area contributed by atoms with Crippen molar-refractivity contribution < 1.29 is 9.47 Å². The molecule has 0 unspecified atom stereocenters. The van der Waals surface area contributed by atoms with E-state index in [1.807, 2.05) is 12.1 Å². The summed E-state index contributed by atoms with van der Waals surface area (Å²) < 4.78 is 13.1. The second-order valence-corrected chi connectivity index (χ2v) is 9.09. The predicted octanol–water partition coefficient (Wildman–Crippen LogP) is 8.88. The van der Waals surface area contributed by atoms with Crippen LogP contribution in [0.3, 0.4) is 0 Å². The first-order chi connectivity index (χ1) is 17.3. The van der Waals surface area contributed by atoms with Gasteiger partial charge in [-0.2, -0.15) is 0 Å². The Labute approximate surface area is 208 Å². The molecule has 0 fully saturated rings. The normalized spacial score (nSPS) is 11.1. The van der Waals surface area contributed by atoms with Gasteiger partial charge in [-0.15, -0.1) is 0 Å². The van der Waals surface area contributed by atoms with E-state index in [4.69, 9.17) is 9.47 Å². The molecule has 0 heterocycles. The van der Waals surface area contributed by atoms with Gasteiger partial charge >= 0.3 is 0 Å². The monoisotopic (exact) mass is 460 g/mol. The largest absolute Gasteiger partial charge is 0.488 e. The van der Waals surface area contributed by atoms with E-state index in [2.05, 4.69) is 97.9 Å². The minimum Gasteiger partial charge on any atom is -0.488 e. The molecule has 35 heavy (non-hydrogen) atoms. The summed E-state index contributed by atoms with van der Waals surface area (Å²) in [7, 11) is 0. The second kappa shape index (κ2) is 11.1. The molecular weight excluding hydrogens is 428 g/mol. The van der Waals surface area contributed by atoms with Crippen molar-refractivity contribution in [3.05, 3.63) is 120 Å². The molecular formula is C33H32O2. The van der Waals surface area contributed by atoms with Crippen LogP contribution in [0.2, 0.25) is 0 Å². The van der Waals surface area contributed by atoms with Gasteiger partial charge < -0.3 is 9.47 Å². The maximum Gasteiger partial charge on any atom is 0.135 e. The molecule has 0 amide bonds. The van der Waals surface area contributed by atoms with Crippen molar-refractivity contribution in [2.45, 2.75) is 45.8 Å².